The smallest absolute Gasteiger partial charge is 0.189 e. The molecule has 0 unspecified atom stereocenters. The van der Waals surface area contributed by atoms with Crippen LogP contribution in [-0.4, -0.2) is 15.0 Å². The molecule has 2 rings (SSSR count). The van der Waals surface area contributed by atoms with E-state index in [0.717, 1.165) is 30.0 Å². The van der Waals surface area contributed by atoms with Gasteiger partial charge in [-0.1, -0.05) is 24.3 Å². The maximum atomic E-state index is 9.07. The normalized spacial score (nSPS) is 10.3. The van der Waals surface area contributed by atoms with E-state index in [2.05, 4.69) is 23.3 Å². The molecule has 0 saturated carbocycles. The lowest BCUT2D eigenvalue weighted by Gasteiger charge is -2.11. The van der Waals surface area contributed by atoms with Gasteiger partial charge in [0.15, 0.2) is 5.69 Å². The van der Waals surface area contributed by atoms with Gasteiger partial charge in [0.05, 0.1) is 0 Å². The lowest BCUT2D eigenvalue weighted by Crippen LogP contribution is -2.09. The quantitative estimate of drug-likeness (QED) is 0.838. The summed E-state index contributed by atoms with van der Waals surface area (Å²) in [4.78, 5) is 0. The van der Waals surface area contributed by atoms with E-state index in [0.29, 0.717) is 12.3 Å². The van der Waals surface area contributed by atoms with Crippen molar-refractivity contribution in [2.75, 3.05) is 0 Å². The fraction of sp³-hybridized carbons (Fsp3) is 0.400. The first-order valence-corrected chi connectivity index (χ1v) is 6.68. The van der Waals surface area contributed by atoms with Crippen molar-refractivity contribution in [3.63, 3.8) is 0 Å². The van der Waals surface area contributed by atoms with Crippen LogP contribution in [0.15, 0.2) is 18.2 Å². The molecular weight excluding hydrogens is 252 g/mol. The Labute approximate surface area is 118 Å². The van der Waals surface area contributed by atoms with Gasteiger partial charge in [0.1, 0.15) is 24.1 Å². The highest BCUT2D eigenvalue weighted by molar-refractivity contribution is 5.38. The van der Waals surface area contributed by atoms with Gasteiger partial charge < -0.3 is 4.74 Å². The first kappa shape index (κ1) is 14.1. The van der Waals surface area contributed by atoms with Gasteiger partial charge in [0, 0.05) is 6.54 Å². The van der Waals surface area contributed by atoms with E-state index in [1.807, 2.05) is 32.0 Å². The van der Waals surface area contributed by atoms with Crippen LogP contribution in [0.1, 0.15) is 35.9 Å². The fourth-order valence-electron chi connectivity index (χ4n) is 1.98. The molecule has 0 amide bonds. The van der Waals surface area contributed by atoms with Crippen molar-refractivity contribution in [2.45, 2.75) is 40.3 Å². The summed E-state index contributed by atoms with van der Waals surface area (Å²) in [6.07, 6.45) is 0.935. The summed E-state index contributed by atoms with van der Waals surface area (Å²) in [5.41, 5.74) is 3.36. The van der Waals surface area contributed by atoms with E-state index in [1.165, 1.54) is 5.56 Å². The van der Waals surface area contributed by atoms with Crippen LogP contribution in [0.3, 0.4) is 0 Å². The van der Waals surface area contributed by atoms with Crippen molar-refractivity contribution < 1.29 is 4.74 Å². The van der Waals surface area contributed by atoms with Crippen LogP contribution in [0.4, 0.5) is 0 Å². The summed E-state index contributed by atoms with van der Waals surface area (Å²) >= 11 is 0. The number of rotatable bonds is 5. The summed E-state index contributed by atoms with van der Waals surface area (Å²) in [5.74, 6) is 0.832. The van der Waals surface area contributed by atoms with Crippen LogP contribution in [-0.2, 0) is 13.2 Å². The zero-order valence-corrected chi connectivity index (χ0v) is 12.1. The molecule has 104 valence electrons. The van der Waals surface area contributed by atoms with Crippen LogP contribution in [0, 0.1) is 25.2 Å². The monoisotopic (exact) mass is 270 g/mol. The highest BCUT2D eigenvalue weighted by Gasteiger charge is 2.13. The Kier molecular flexibility index (Phi) is 4.36. The van der Waals surface area contributed by atoms with Crippen LogP contribution in [0.2, 0.25) is 0 Å². The summed E-state index contributed by atoms with van der Waals surface area (Å²) in [6, 6.07) is 8.01. The minimum atomic E-state index is 0.306. The molecule has 2 aromatic rings. The lowest BCUT2D eigenvalue weighted by atomic mass is 10.1. The average molecular weight is 270 g/mol. The predicted octanol–water partition coefficient (Wildman–Crippen LogP) is 2.76. The van der Waals surface area contributed by atoms with Crippen molar-refractivity contribution in [3.05, 3.63) is 40.7 Å². The van der Waals surface area contributed by atoms with Crippen molar-refractivity contribution in [2.24, 2.45) is 0 Å². The number of aromatic nitrogens is 3. The van der Waals surface area contributed by atoms with Crippen molar-refractivity contribution in [3.8, 4) is 11.8 Å². The topological polar surface area (TPSA) is 63.7 Å². The SMILES string of the molecule is CCCn1nnc(C#N)c1COc1cccc(C)c1C. The second-order valence-corrected chi connectivity index (χ2v) is 4.71. The number of benzene rings is 1. The van der Waals surface area contributed by atoms with Crippen LogP contribution in [0.25, 0.3) is 0 Å². The van der Waals surface area contributed by atoms with E-state index in [1.54, 1.807) is 4.68 Å². The molecule has 1 heterocycles. The first-order valence-electron chi connectivity index (χ1n) is 6.68. The largest absolute Gasteiger partial charge is 0.487 e. The second kappa shape index (κ2) is 6.20. The molecule has 20 heavy (non-hydrogen) atoms. The number of nitrogens with zero attached hydrogens (tertiary/aromatic N) is 4. The van der Waals surface area contributed by atoms with E-state index in [4.69, 9.17) is 10.00 Å². The van der Waals surface area contributed by atoms with Gasteiger partial charge in [-0.25, -0.2) is 4.68 Å². The molecular formula is C15H18N4O. The number of aryl methyl sites for hydroxylation is 2. The molecule has 0 atom stereocenters. The molecule has 0 spiro atoms. The van der Waals surface area contributed by atoms with Gasteiger partial charge in [0.2, 0.25) is 0 Å². The Hall–Kier alpha value is -2.35. The highest BCUT2D eigenvalue weighted by Crippen LogP contribution is 2.22. The van der Waals surface area contributed by atoms with Crippen LogP contribution in [0.5, 0.6) is 5.75 Å². The summed E-state index contributed by atoms with van der Waals surface area (Å²) < 4.78 is 7.58. The Balaban J connectivity index is 2.20. The minimum Gasteiger partial charge on any atom is -0.487 e. The summed E-state index contributed by atoms with van der Waals surface area (Å²) in [7, 11) is 0. The van der Waals surface area contributed by atoms with Crippen LogP contribution < -0.4 is 4.74 Å². The van der Waals surface area contributed by atoms with E-state index in [9.17, 15) is 0 Å². The van der Waals surface area contributed by atoms with Gasteiger partial charge in [-0.05, 0) is 37.5 Å². The van der Waals surface area contributed by atoms with E-state index >= 15 is 0 Å². The fourth-order valence-corrected chi connectivity index (χ4v) is 1.98. The third-order valence-electron chi connectivity index (χ3n) is 3.30. The molecule has 5 nitrogen and oxygen atoms in total. The van der Waals surface area contributed by atoms with Gasteiger partial charge in [-0.15, -0.1) is 5.10 Å². The maximum absolute atomic E-state index is 9.07. The number of hydrogen-bond donors (Lipinski definition) is 0. The Morgan fingerprint density at radius 2 is 2.15 bits per heavy atom. The van der Waals surface area contributed by atoms with Gasteiger partial charge in [-0.2, -0.15) is 5.26 Å². The summed E-state index contributed by atoms with van der Waals surface area (Å²) in [5, 5.41) is 16.9. The molecule has 0 saturated heterocycles. The van der Waals surface area contributed by atoms with Crippen molar-refractivity contribution in [1.82, 2.24) is 15.0 Å². The Morgan fingerprint density at radius 1 is 1.35 bits per heavy atom. The molecule has 0 aliphatic heterocycles. The maximum Gasteiger partial charge on any atom is 0.189 e. The first-order chi connectivity index (χ1) is 9.67. The highest BCUT2D eigenvalue weighted by atomic mass is 16.5. The number of nitriles is 1. The Bertz CT molecular complexity index is 640. The van der Waals surface area contributed by atoms with Crippen molar-refractivity contribution in [1.29, 1.82) is 5.26 Å². The third kappa shape index (κ3) is 2.80. The van der Waals surface area contributed by atoms with E-state index in [-0.39, 0.29) is 0 Å². The molecule has 1 aromatic carbocycles. The van der Waals surface area contributed by atoms with Gasteiger partial charge >= 0.3 is 0 Å². The second-order valence-electron chi connectivity index (χ2n) is 4.71. The molecule has 0 aliphatic carbocycles. The number of hydrogen-bond acceptors (Lipinski definition) is 4. The zero-order valence-electron chi connectivity index (χ0n) is 12.1. The molecule has 1 aromatic heterocycles. The summed E-state index contributed by atoms with van der Waals surface area (Å²) in [6.45, 7) is 7.17. The third-order valence-corrected chi connectivity index (χ3v) is 3.30. The molecule has 0 fully saturated rings. The predicted molar refractivity (Wildman–Crippen MR) is 75.3 cm³/mol. The lowest BCUT2D eigenvalue weighted by molar-refractivity contribution is 0.289. The average Bonchev–Trinajstić information content (AvgIpc) is 2.83. The number of ether oxygens (including phenoxy) is 1. The van der Waals surface area contributed by atoms with Crippen molar-refractivity contribution >= 4 is 0 Å². The Morgan fingerprint density at radius 3 is 2.85 bits per heavy atom. The minimum absolute atomic E-state index is 0.306. The molecule has 0 N–H and O–H groups in total. The van der Waals surface area contributed by atoms with E-state index < -0.39 is 0 Å². The molecule has 0 aliphatic rings. The molecule has 5 heteroatoms. The molecule has 0 bridgehead atoms. The van der Waals surface area contributed by atoms with Gasteiger partial charge in [0.25, 0.3) is 0 Å². The van der Waals surface area contributed by atoms with Crippen LogP contribution >= 0.6 is 0 Å². The zero-order chi connectivity index (χ0) is 14.5. The molecule has 0 radical (unpaired) electrons. The van der Waals surface area contributed by atoms with Gasteiger partial charge in [-0.3, -0.25) is 0 Å². The standard InChI is InChI=1S/C15H18N4O/c1-4-8-19-14(13(9-16)17-18-19)10-20-15-7-5-6-11(2)12(15)3/h5-7H,4,8,10H2,1-3H3.